The van der Waals surface area contributed by atoms with Gasteiger partial charge in [-0.3, -0.25) is 0 Å². The predicted octanol–water partition coefficient (Wildman–Crippen LogP) is 2.80. The number of benzene rings is 1. The van der Waals surface area contributed by atoms with E-state index >= 15 is 0 Å². The van der Waals surface area contributed by atoms with Gasteiger partial charge in [-0.15, -0.1) is 0 Å². The zero-order valence-electron chi connectivity index (χ0n) is 12.8. The molecule has 1 aromatic carbocycles. The Hall–Kier alpha value is -1.59. The van der Waals surface area contributed by atoms with Gasteiger partial charge in [0.2, 0.25) is 0 Å². The van der Waals surface area contributed by atoms with Crippen molar-refractivity contribution in [3.8, 4) is 0 Å². The summed E-state index contributed by atoms with van der Waals surface area (Å²) in [6.45, 7) is 13.5. The molecule has 2 atom stereocenters. The lowest BCUT2D eigenvalue weighted by Gasteiger charge is -2.23. The summed E-state index contributed by atoms with van der Waals surface area (Å²) in [6.07, 6.45) is 0. The number of nitrogens with two attached hydrogens (primary N) is 1. The van der Waals surface area contributed by atoms with Gasteiger partial charge in [0.1, 0.15) is 11.1 Å². The molecule has 0 aliphatic carbocycles. The molecule has 0 heterocycles. The van der Waals surface area contributed by atoms with Crippen LogP contribution in [0.3, 0.4) is 0 Å². The summed E-state index contributed by atoms with van der Waals surface area (Å²) in [5, 5.41) is -1.09. The molecule has 0 bridgehead atoms. The molecule has 5 heteroatoms. The molecule has 2 N–H and O–H groups in total. The van der Waals surface area contributed by atoms with E-state index in [1.165, 1.54) is 0 Å². The maximum Gasteiger partial charge on any atom is 0.194 e. The molecule has 4 nitrogen and oxygen atoms in total. The lowest BCUT2D eigenvalue weighted by molar-refractivity contribution is 0.233. The molecule has 0 aliphatic rings. The van der Waals surface area contributed by atoms with E-state index in [0.29, 0.717) is 17.9 Å². The molecule has 0 spiro atoms. The Labute approximate surface area is 127 Å². The summed E-state index contributed by atoms with van der Waals surface area (Å²) < 4.78 is 30.3. The zero-order chi connectivity index (χ0) is 16.2. The first-order chi connectivity index (χ1) is 9.71. The first-order valence-corrected chi connectivity index (χ1v) is 8.33. The lowest BCUT2D eigenvalue weighted by Crippen LogP contribution is -2.38. The van der Waals surface area contributed by atoms with Gasteiger partial charge in [0, 0.05) is 5.92 Å². The molecule has 0 fully saturated rings. The molecule has 21 heavy (non-hydrogen) atoms. The third kappa shape index (κ3) is 3.95. The first-order valence-electron chi connectivity index (χ1n) is 6.78. The summed E-state index contributed by atoms with van der Waals surface area (Å²) in [7, 11) is -3.63. The molecule has 116 valence electrons. The van der Waals surface area contributed by atoms with Gasteiger partial charge in [-0.05, 0) is 31.6 Å². The van der Waals surface area contributed by atoms with Crippen LogP contribution in [-0.4, -0.2) is 20.4 Å². The fourth-order valence-electron chi connectivity index (χ4n) is 1.87. The first kappa shape index (κ1) is 17.5. The van der Waals surface area contributed by atoms with Gasteiger partial charge >= 0.3 is 0 Å². The number of allylic oxidation sites excluding steroid dienone is 1. The second kappa shape index (κ2) is 6.91. The highest BCUT2D eigenvalue weighted by molar-refractivity contribution is 7.92. The van der Waals surface area contributed by atoms with Gasteiger partial charge in [-0.1, -0.05) is 37.8 Å². The molecule has 0 saturated heterocycles. The predicted molar refractivity (Wildman–Crippen MR) is 85.4 cm³/mol. The monoisotopic (exact) mass is 309 g/mol. The fraction of sp³-hybridized carbons (Fsp3) is 0.375. The Kier molecular flexibility index (Phi) is 5.75. The number of rotatable bonds is 7. The topological polar surface area (TPSA) is 69.4 Å². The Morgan fingerprint density at radius 2 is 1.81 bits per heavy atom. The van der Waals surface area contributed by atoms with Crippen molar-refractivity contribution in [3.05, 3.63) is 54.3 Å². The highest BCUT2D eigenvalue weighted by Crippen LogP contribution is 2.26. The molecule has 1 aromatic rings. The van der Waals surface area contributed by atoms with Gasteiger partial charge in [0.05, 0.1) is 11.5 Å². The fourth-order valence-corrected chi connectivity index (χ4v) is 3.40. The summed E-state index contributed by atoms with van der Waals surface area (Å²) in [5.74, 6) is -0.116. The minimum absolute atomic E-state index is 0.210. The number of sulfone groups is 1. The van der Waals surface area contributed by atoms with Crippen LogP contribution in [0.25, 0.3) is 0 Å². The molecule has 2 unspecified atom stereocenters. The van der Waals surface area contributed by atoms with Crippen LogP contribution < -0.4 is 5.73 Å². The Morgan fingerprint density at radius 1 is 1.29 bits per heavy atom. The SMILES string of the molecule is C=C(OCC)C(=C)C(C)C(N)S(=O)(=O)c1ccc(C)cc1. The summed E-state index contributed by atoms with van der Waals surface area (Å²) in [4.78, 5) is 0.210. The summed E-state index contributed by atoms with van der Waals surface area (Å²) in [6, 6.07) is 6.63. The van der Waals surface area contributed by atoms with E-state index in [4.69, 9.17) is 10.5 Å². The molecular formula is C16H23NO3S. The van der Waals surface area contributed by atoms with Crippen molar-refractivity contribution in [2.45, 2.75) is 31.0 Å². The van der Waals surface area contributed by atoms with Crippen LogP contribution in [0.5, 0.6) is 0 Å². The van der Waals surface area contributed by atoms with E-state index in [-0.39, 0.29) is 4.90 Å². The van der Waals surface area contributed by atoms with Crippen molar-refractivity contribution in [2.75, 3.05) is 6.61 Å². The molecule has 0 aliphatic heterocycles. The molecule has 0 amide bonds. The molecule has 0 radical (unpaired) electrons. The Bertz CT molecular complexity index is 617. The maximum absolute atomic E-state index is 12.5. The van der Waals surface area contributed by atoms with Gasteiger partial charge in [0.15, 0.2) is 9.84 Å². The van der Waals surface area contributed by atoms with Gasteiger partial charge in [-0.2, -0.15) is 0 Å². The second-order valence-corrected chi connectivity index (χ2v) is 7.10. The van der Waals surface area contributed by atoms with Crippen LogP contribution in [0.1, 0.15) is 19.4 Å². The number of ether oxygens (including phenoxy) is 1. The highest BCUT2D eigenvalue weighted by atomic mass is 32.2. The largest absolute Gasteiger partial charge is 0.494 e. The average molecular weight is 309 g/mol. The van der Waals surface area contributed by atoms with Crippen LogP contribution in [0.4, 0.5) is 0 Å². The van der Waals surface area contributed by atoms with E-state index < -0.39 is 21.1 Å². The zero-order valence-corrected chi connectivity index (χ0v) is 13.6. The van der Waals surface area contributed by atoms with E-state index in [1.54, 1.807) is 31.2 Å². The van der Waals surface area contributed by atoms with E-state index in [2.05, 4.69) is 13.2 Å². The van der Waals surface area contributed by atoms with Crippen molar-refractivity contribution in [1.29, 1.82) is 0 Å². The molecule has 1 rings (SSSR count). The summed E-state index contributed by atoms with van der Waals surface area (Å²) in [5.41, 5.74) is 7.44. The molecular weight excluding hydrogens is 286 g/mol. The Morgan fingerprint density at radius 3 is 2.29 bits per heavy atom. The average Bonchev–Trinajstić information content (AvgIpc) is 2.45. The van der Waals surface area contributed by atoms with Crippen LogP contribution in [0.2, 0.25) is 0 Å². The third-order valence-electron chi connectivity index (χ3n) is 3.43. The third-order valence-corrected chi connectivity index (χ3v) is 5.48. The van der Waals surface area contributed by atoms with Crippen molar-refractivity contribution < 1.29 is 13.2 Å². The number of hydrogen-bond acceptors (Lipinski definition) is 4. The smallest absolute Gasteiger partial charge is 0.194 e. The second-order valence-electron chi connectivity index (χ2n) is 4.99. The quantitative estimate of drug-likeness (QED) is 0.621. The number of hydrogen-bond donors (Lipinski definition) is 1. The standard InChI is InChI=1S/C16H23NO3S/c1-6-20-14(5)12(3)13(4)16(17)21(18,19)15-9-7-11(2)8-10-15/h7-10,13,16H,3,5-6,17H2,1-2,4H3. The van der Waals surface area contributed by atoms with Crippen LogP contribution >= 0.6 is 0 Å². The van der Waals surface area contributed by atoms with Crippen LogP contribution in [-0.2, 0) is 14.6 Å². The lowest BCUT2D eigenvalue weighted by atomic mass is 10.0. The van der Waals surface area contributed by atoms with E-state index in [1.807, 2.05) is 13.8 Å². The van der Waals surface area contributed by atoms with Crippen molar-refractivity contribution in [2.24, 2.45) is 11.7 Å². The van der Waals surface area contributed by atoms with Gasteiger partial charge < -0.3 is 10.5 Å². The molecule has 0 aromatic heterocycles. The van der Waals surface area contributed by atoms with Crippen LogP contribution in [0, 0.1) is 12.8 Å². The highest BCUT2D eigenvalue weighted by Gasteiger charge is 2.31. The maximum atomic E-state index is 12.5. The van der Waals surface area contributed by atoms with Crippen molar-refractivity contribution in [3.63, 3.8) is 0 Å². The summed E-state index contributed by atoms with van der Waals surface area (Å²) >= 11 is 0. The normalized spacial score (nSPS) is 14.3. The molecule has 0 saturated carbocycles. The van der Waals surface area contributed by atoms with Crippen molar-refractivity contribution >= 4 is 9.84 Å². The van der Waals surface area contributed by atoms with Crippen molar-refractivity contribution in [1.82, 2.24) is 0 Å². The van der Waals surface area contributed by atoms with Crippen LogP contribution in [0.15, 0.2) is 53.7 Å². The minimum atomic E-state index is -3.63. The number of aryl methyl sites for hydroxylation is 1. The minimum Gasteiger partial charge on any atom is -0.494 e. The van der Waals surface area contributed by atoms with Gasteiger partial charge in [0.25, 0.3) is 0 Å². The van der Waals surface area contributed by atoms with E-state index in [0.717, 1.165) is 5.56 Å². The van der Waals surface area contributed by atoms with E-state index in [9.17, 15) is 8.42 Å². The van der Waals surface area contributed by atoms with Gasteiger partial charge in [-0.25, -0.2) is 8.42 Å². The Balaban J connectivity index is 3.00.